The number of thioether (sulfide) groups is 1. The van der Waals surface area contributed by atoms with Gasteiger partial charge in [0.25, 0.3) is 10.0 Å². The molecule has 0 spiro atoms. The van der Waals surface area contributed by atoms with Crippen LogP contribution in [0.5, 0.6) is 0 Å². The van der Waals surface area contributed by atoms with Gasteiger partial charge >= 0.3 is 0 Å². The van der Waals surface area contributed by atoms with Gasteiger partial charge in [-0.2, -0.15) is 8.42 Å². The van der Waals surface area contributed by atoms with Crippen LogP contribution in [-0.2, 0) is 16.6 Å². The Balaban J connectivity index is 2.25. The maximum absolute atomic E-state index is 12.2. The van der Waals surface area contributed by atoms with Crippen LogP contribution in [0.15, 0.2) is 52.5 Å². The van der Waals surface area contributed by atoms with E-state index in [0.29, 0.717) is 11.3 Å². The number of aliphatic hydroxyl groups excluding tert-OH is 1. The number of hydrogen-bond donors (Lipinski definition) is 2. The van der Waals surface area contributed by atoms with Crippen LogP contribution < -0.4 is 4.72 Å². The van der Waals surface area contributed by atoms with Gasteiger partial charge in [-0.05, 0) is 36.1 Å². The van der Waals surface area contributed by atoms with Crippen molar-refractivity contribution in [3.05, 3.63) is 48.2 Å². The van der Waals surface area contributed by atoms with Crippen molar-refractivity contribution < 1.29 is 13.5 Å². The number of hydrogen-bond acceptors (Lipinski definition) is 5. The number of nitrogens with zero attached hydrogens (tertiary/aromatic N) is 1. The minimum Gasteiger partial charge on any atom is -0.392 e. The molecule has 2 rings (SSSR count). The first-order chi connectivity index (χ1) is 9.55. The average Bonchev–Trinajstić information content (AvgIpc) is 2.47. The zero-order valence-electron chi connectivity index (χ0n) is 10.8. The molecule has 7 heteroatoms. The Bertz CT molecular complexity index is 685. The topological polar surface area (TPSA) is 79.3 Å². The fraction of sp³-hybridized carbons (Fsp3) is 0.154. The van der Waals surface area contributed by atoms with Crippen molar-refractivity contribution in [1.82, 2.24) is 4.98 Å². The normalized spacial score (nSPS) is 11.3. The Morgan fingerprint density at radius 2 is 2.10 bits per heavy atom. The van der Waals surface area contributed by atoms with Gasteiger partial charge in [0.05, 0.1) is 6.61 Å². The van der Waals surface area contributed by atoms with Crippen LogP contribution in [0.25, 0.3) is 0 Å². The fourth-order valence-electron chi connectivity index (χ4n) is 1.56. The average molecular weight is 310 g/mol. The highest BCUT2D eigenvalue weighted by atomic mass is 32.2. The summed E-state index contributed by atoms with van der Waals surface area (Å²) >= 11 is 1.53. The molecule has 0 aliphatic heterocycles. The van der Waals surface area contributed by atoms with E-state index >= 15 is 0 Å². The number of aromatic nitrogens is 1. The lowest BCUT2D eigenvalue weighted by Crippen LogP contribution is -2.14. The van der Waals surface area contributed by atoms with E-state index in [0.717, 1.165) is 4.90 Å². The van der Waals surface area contributed by atoms with E-state index in [2.05, 4.69) is 9.71 Å². The third-order valence-electron chi connectivity index (χ3n) is 2.58. The van der Waals surface area contributed by atoms with E-state index in [-0.39, 0.29) is 11.6 Å². The lowest BCUT2D eigenvalue weighted by atomic mass is 10.3. The van der Waals surface area contributed by atoms with Gasteiger partial charge in [0.15, 0.2) is 5.03 Å². The van der Waals surface area contributed by atoms with Gasteiger partial charge in [0.2, 0.25) is 0 Å². The van der Waals surface area contributed by atoms with E-state index in [1.165, 1.54) is 30.1 Å². The molecule has 1 aromatic carbocycles. The predicted molar refractivity (Wildman–Crippen MR) is 79.2 cm³/mol. The predicted octanol–water partition coefficient (Wildman–Crippen LogP) is 2.10. The summed E-state index contributed by atoms with van der Waals surface area (Å²) in [5.74, 6) is 0. The highest BCUT2D eigenvalue weighted by Gasteiger charge is 2.15. The smallest absolute Gasteiger partial charge is 0.279 e. The molecular formula is C13H14N2O3S2. The van der Waals surface area contributed by atoms with Crippen LogP contribution in [0.4, 0.5) is 5.69 Å². The van der Waals surface area contributed by atoms with Crippen LogP contribution in [0.1, 0.15) is 5.56 Å². The molecular weight excluding hydrogens is 296 g/mol. The summed E-state index contributed by atoms with van der Waals surface area (Å²) < 4.78 is 26.8. The third-order valence-corrected chi connectivity index (χ3v) is 4.60. The number of sulfonamides is 1. The van der Waals surface area contributed by atoms with Crippen molar-refractivity contribution in [2.24, 2.45) is 0 Å². The van der Waals surface area contributed by atoms with Crippen LogP contribution in [0.2, 0.25) is 0 Å². The van der Waals surface area contributed by atoms with Crippen LogP contribution >= 0.6 is 11.8 Å². The van der Waals surface area contributed by atoms with Gasteiger partial charge in [-0.15, -0.1) is 11.8 Å². The summed E-state index contributed by atoms with van der Waals surface area (Å²) in [5, 5.41) is 8.84. The summed E-state index contributed by atoms with van der Waals surface area (Å²) in [5.41, 5.74) is 1.05. The molecule has 0 radical (unpaired) electrons. The summed E-state index contributed by atoms with van der Waals surface area (Å²) in [6.07, 6.45) is 3.26. The molecule has 0 amide bonds. The molecule has 0 aliphatic rings. The fourth-order valence-corrected chi connectivity index (χ4v) is 3.00. The second-order valence-corrected chi connectivity index (χ2v) is 6.51. The molecule has 0 saturated heterocycles. The second kappa shape index (κ2) is 6.25. The maximum Gasteiger partial charge on any atom is 0.279 e. The van der Waals surface area contributed by atoms with E-state index in [4.69, 9.17) is 5.11 Å². The SMILES string of the molecule is CSc1cccc(NS(=O)(=O)c2ccc(CO)cn2)c1. The molecule has 106 valence electrons. The van der Waals surface area contributed by atoms with Crippen molar-refractivity contribution in [2.75, 3.05) is 11.0 Å². The van der Waals surface area contributed by atoms with Crippen molar-refractivity contribution in [2.45, 2.75) is 16.5 Å². The lowest BCUT2D eigenvalue weighted by Gasteiger charge is -2.08. The van der Waals surface area contributed by atoms with E-state index < -0.39 is 10.0 Å². The van der Waals surface area contributed by atoms with Crippen molar-refractivity contribution in [1.29, 1.82) is 0 Å². The first-order valence-electron chi connectivity index (χ1n) is 5.78. The first kappa shape index (κ1) is 14.8. The molecule has 0 atom stereocenters. The quantitative estimate of drug-likeness (QED) is 0.827. The Kier molecular flexibility index (Phi) is 4.64. The minimum absolute atomic E-state index is 0.0794. The summed E-state index contributed by atoms with van der Waals surface area (Å²) in [6.45, 7) is -0.170. The molecule has 0 fully saturated rings. The highest BCUT2D eigenvalue weighted by Crippen LogP contribution is 2.21. The Morgan fingerprint density at radius 1 is 1.30 bits per heavy atom. The number of pyridine rings is 1. The van der Waals surface area contributed by atoms with Gasteiger partial charge in [-0.25, -0.2) is 4.98 Å². The number of anilines is 1. The molecule has 20 heavy (non-hydrogen) atoms. The number of aliphatic hydroxyl groups is 1. The monoisotopic (exact) mass is 310 g/mol. The molecule has 0 unspecified atom stereocenters. The molecule has 2 N–H and O–H groups in total. The molecule has 0 bridgehead atoms. The minimum atomic E-state index is -3.72. The molecule has 1 heterocycles. The van der Waals surface area contributed by atoms with E-state index in [1.807, 2.05) is 12.3 Å². The largest absolute Gasteiger partial charge is 0.392 e. The Hall–Kier alpha value is -1.57. The zero-order chi connectivity index (χ0) is 14.6. The number of nitrogens with one attached hydrogen (secondary N) is 1. The zero-order valence-corrected chi connectivity index (χ0v) is 12.4. The van der Waals surface area contributed by atoms with Crippen LogP contribution in [-0.4, -0.2) is 24.8 Å². The van der Waals surface area contributed by atoms with Gasteiger partial charge in [0.1, 0.15) is 0 Å². The Morgan fingerprint density at radius 3 is 2.70 bits per heavy atom. The third kappa shape index (κ3) is 3.50. The summed E-state index contributed by atoms with van der Waals surface area (Å²) in [7, 11) is -3.72. The molecule has 0 saturated carbocycles. The number of benzene rings is 1. The van der Waals surface area contributed by atoms with Crippen molar-refractivity contribution in [3.8, 4) is 0 Å². The van der Waals surface area contributed by atoms with Gasteiger partial charge in [-0.1, -0.05) is 12.1 Å². The summed E-state index contributed by atoms with van der Waals surface area (Å²) in [6, 6.07) is 10.0. The van der Waals surface area contributed by atoms with E-state index in [1.54, 1.807) is 18.2 Å². The lowest BCUT2D eigenvalue weighted by molar-refractivity contribution is 0.281. The molecule has 1 aromatic heterocycles. The molecule has 5 nitrogen and oxygen atoms in total. The van der Waals surface area contributed by atoms with Gasteiger partial charge in [0, 0.05) is 16.8 Å². The first-order valence-corrected chi connectivity index (χ1v) is 8.48. The molecule has 2 aromatic rings. The van der Waals surface area contributed by atoms with Gasteiger partial charge in [-0.3, -0.25) is 4.72 Å². The second-order valence-electron chi connectivity index (χ2n) is 4.00. The van der Waals surface area contributed by atoms with Crippen LogP contribution in [0.3, 0.4) is 0 Å². The number of rotatable bonds is 5. The standard InChI is InChI=1S/C13H14N2O3S2/c1-19-12-4-2-3-11(7-12)15-20(17,18)13-6-5-10(9-16)8-14-13/h2-8,15-16H,9H2,1H3. The van der Waals surface area contributed by atoms with Crippen LogP contribution in [0, 0.1) is 0 Å². The van der Waals surface area contributed by atoms with Crippen molar-refractivity contribution in [3.63, 3.8) is 0 Å². The van der Waals surface area contributed by atoms with Gasteiger partial charge < -0.3 is 5.11 Å². The Labute approximate surface area is 122 Å². The van der Waals surface area contributed by atoms with Crippen molar-refractivity contribution >= 4 is 27.5 Å². The maximum atomic E-state index is 12.2. The summed E-state index contributed by atoms with van der Waals surface area (Å²) in [4.78, 5) is 4.81. The highest BCUT2D eigenvalue weighted by molar-refractivity contribution is 7.98. The van der Waals surface area contributed by atoms with E-state index in [9.17, 15) is 8.42 Å². The molecule has 0 aliphatic carbocycles.